The Labute approximate surface area is 94.8 Å². The quantitative estimate of drug-likeness (QED) is 0.666. The molecule has 0 aromatic heterocycles. The van der Waals surface area contributed by atoms with Crippen LogP contribution in [0.15, 0.2) is 0 Å². The molecule has 94 valence electrons. The van der Waals surface area contributed by atoms with Crippen molar-refractivity contribution in [1.29, 1.82) is 0 Å². The molecule has 0 radical (unpaired) electrons. The maximum absolute atomic E-state index is 9.13. The Hall–Kier alpha value is -0.240. The highest BCUT2D eigenvalue weighted by Gasteiger charge is 2.54. The van der Waals surface area contributed by atoms with Crippen molar-refractivity contribution in [2.45, 2.75) is 57.2 Å². The smallest absolute Gasteiger partial charge is 0.186 e. The highest BCUT2D eigenvalue weighted by Crippen LogP contribution is 2.37. The summed E-state index contributed by atoms with van der Waals surface area (Å²) in [5.74, 6) is -0.686. The van der Waals surface area contributed by atoms with Crippen LogP contribution in [-0.4, -0.2) is 48.7 Å². The topological polar surface area (TPSA) is 69.2 Å². The molecule has 6 nitrogen and oxygen atoms in total. The van der Waals surface area contributed by atoms with Gasteiger partial charge in [0.05, 0.1) is 12.1 Å². The summed E-state index contributed by atoms with van der Waals surface area (Å²) in [6.45, 7) is 5.51. The number of hydroxylamine groups is 1. The molecule has 2 saturated heterocycles. The van der Waals surface area contributed by atoms with Gasteiger partial charge in [0.1, 0.15) is 12.2 Å². The SMILES string of the molecule is CO[C@H]1O[C@H](C)[C@@H](NO)[C@@H]2OC(C)(C)O[C@@H]12. The van der Waals surface area contributed by atoms with Crippen LogP contribution in [-0.2, 0) is 18.9 Å². The summed E-state index contributed by atoms with van der Waals surface area (Å²) in [5, 5.41) is 9.13. The van der Waals surface area contributed by atoms with Crippen LogP contribution in [0, 0.1) is 0 Å². The summed E-state index contributed by atoms with van der Waals surface area (Å²) >= 11 is 0. The number of nitrogens with one attached hydrogen (secondary N) is 1. The van der Waals surface area contributed by atoms with Gasteiger partial charge in [-0.05, 0) is 20.8 Å². The van der Waals surface area contributed by atoms with E-state index in [1.165, 1.54) is 0 Å². The van der Waals surface area contributed by atoms with E-state index in [9.17, 15) is 0 Å². The van der Waals surface area contributed by atoms with Gasteiger partial charge < -0.3 is 24.2 Å². The minimum atomic E-state index is -0.686. The standard InChI is InChI=1S/C10H19NO5/c1-5-6(11-12)7-8(9(13-4)14-5)16-10(2,3)15-7/h5-9,11-12H,1-4H3/t5-,6-,7+,8-,9+/m1/s1. The lowest BCUT2D eigenvalue weighted by Crippen LogP contribution is -2.60. The van der Waals surface area contributed by atoms with Crippen molar-refractivity contribution in [1.82, 2.24) is 5.48 Å². The normalized spacial score (nSPS) is 46.7. The van der Waals surface area contributed by atoms with Gasteiger partial charge in [0.25, 0.3) is 0 Å². The summed E-state index contributed by atoms with van der Waals surface area (Å²) in [6.07, 6.45) is -1.30. The highest BCUT2D eigenvalue weighted by molar-refractivity contribution is 4.97. The molecule has 16 heavy (non-hydrogen) atoms. The molecule has 0 bridgehead atoms. The van der Waals surface area contributed by atoms with E-state index in [2.05, 4.69) is 5.48 Å². The van der Waals surface area contributed by atoms with Crippen molar-refractivity contribution in [3.8, 4) is 0 Å². The molecule has 0 spiro atoms. The van der Waals surface area contributed by atoms with E-state index in [1.54, 1.807) is 7.11 Å². The molecule has 2 heterocycles. The van der Waals surface area contributed by atoms with Crippen molar-refractivity contribution in [2.24, 2.45) is 0 Å². The molecule has 0 amide bonds. The minimum Gasteiger partial charge on any atom is -0.353 e. The van der Waals surface area contributed by atoms with E-state index in [-0.39, 0.29) is 24.4 Å². The van der Waals surface area contributed by atoms with E-state index in [1.807, 2.05) is 20.8 Å². The fourth-order valence-corrected chi connectivity index (χ4v) is 2.31. The Kier molecular flexibility index (Phi) is 3.22. The zero-order chi connectivity index (χ0) is 11.9. The van der Waals surface area contributed by atoms with E-state index < -0.39 is 12.1 Å². The third-order valence-electron chi connectivity index (χ3n) is 3.02. The highest BCUT2D eigenvalue weighted by atomic mass is 16.8. The first-order valence-corrected chi connectivity index (χ1v) is 5.42. The summed E-state index contributed by atoms with van der Waals surface area (Å²) in [6, 6.07) is -0.321. The van der Waals surface area contributed by atoms with Crippen LogP contribution >= 0.6 is 0 Å². The molecule has 2 aliphatic heterocycles. The average molecular weight is 233 g/mol. The molecule has 0 unspecified atom stereocenters. The molecule has 2 rings (SSSR count). The van der Waals surface area contributed by atoms with Crippen LogP contribution in [0.1, 0.15) is 20.8 Å². The monoisotopic (exact) mass is 233 g/mol. The summed E-state index contributed by atoms with van der Waals surface area (Å²) < 4.78 is 22.3. The van der Waals surface area contributed by atoms with Gasteiger partial charge in [-0.3, -0.25) is 0 Å². The predicted molar refractivity (Wildman–Crippen MR) is 53.9 cm³/mol. The first-order chi connectivity index (χ1) is 7.48. The van der Waals surface area contributed by atoms with Gasteiger partial charge in [-0.1, -0.05) is 0 Å². The van der Waals surface area contributed by atoms with E-state index >= 15 is 0 Å². The van der Waals surface area contributed by atoms with Gasteiger partial charge in [-0.2, -0.15) is 5.48 Å². The molecule has 6 heteroatoms. The number of fused-ring (bicyclic) bond motifs is 1. The van der Waals surface area contributed by atoms with Gasteiger partial charge in [0, 0.05) is 7.11 Å². The Bertz CT molecular complexity index is 260. The lowest BCUT2D eigenvalue weighted by atomic mass is 9.98. The molecule has 2 N–H and O–H groups in total. The Morgan fingerprint density at radius 3 is 2.44 bits per heavy atom. The van der Waals surface area contributed by atoms with Crippen LogP contribution in [0.2, 0.25) is 0 Å². The van der Waals surface area contributed by atoms with Crippen molar-refractivity contribution >= 4 is 0 Å². The van der Waals surface area contributed by atoms with E-state index in [0.29, 0.717) is 0 Å². The second-order valence-electron chi connectivity index (χ2n) is 4.66. The van der Waals surface area contributed by atoms with Gasteiger partial charge in [-0.15, -0.1) is 0 Å². The fourth-order valence-electron chi connectivity index (χ4n) is 2.31. The van der Waals surface area contributed by atoms with Gasteiger partial charge in [0.15, 0.2) is 12.1 Å². The van der Waals surface area contributed by atoms with Crippen LogP contribution in [0.4, 0.5) is 0 Å². The zero-order valence-corrected chi connectivity index (χ0v) is 9.97. The van der Waals surface area contributed by atoms with Gasteiger partial charge in [0.2, 0.25) is 0 Å². The molecule has 0 aromatic rings. The molecule has 2 aliphatic rings. The van der Waals surface area contributed by atoms with Crippen LogP contribution in [0.5, 0.6) is 0 Å². The number of methoxy groups -OCH3 is 1. The number of hydrogen-bond donors (Lipinski definition) is 2. The summed E-state index contributed by atoms with van der Waals surface area (Å²) in [4.78, 5) is 0. The Morgan fingerprint density at radius 2 is 1.88 bits per heavy atom. The van der Waals surface area contributed by atoms with Crippen LogP contribution in [0.3, 0.4) is 0 Å². The van der Waals surface area contributed by atoms with Crippen molar-refractivity contribution in [3.05, 3.63) is 0 Å². The van der Waals surface area contributed by atoms with Gasteiger partial charge in [-0.25, -0.2) is 0 Å². The largest absolute Gasteiger partial charge is 0.353 e. The zero-order valence-electron chi connectivity index (χ0n) is 9.97. The second kappa shape index (κ2) is 4.21. The maximum Gasteiger partial charge on any atom is 0.186 e. The Morgan fingerprint density at radius 1 is 1.25 bits per heavy atom. The van der Waals surface area contributed by atoms with Crippen LogP contribution in [0.25, 0.3) is 0 Å². The van der Waals surface area contributed by atoms with Crippen molar-refractivity contribution < 1.29 is 24.2 Å². The average Bonchev–Trinajstić information content (AvgIpc) is 2.52. The van der Waals surface area contributed by atoms with E-state index in [4.69, 9.17) is 24.2 Å². The van der Waals surface area contributed by atoms with Crippen LogP contribution < -0.4 is 5.48 Å². The van der Waals surface area contributed by atoms with E-state index in [0.717, 1.165) is 0 Å². The molecule has 5 atom stereocenters. The first-order valence-electron chi connectivity index (χ1n) is 5.42. The maximum atomic E-state index is 9.13. The minimum absolute atomic E-state index is 0.214. The number of ether oxygens (including phenoxy) is 4. The lowest BCUT2D eigenvalue weighted by molar-refractivity contribution is -0.250. The summed E-state index contributed by atoms with van der Waals surface area (Å²) in [7, 11) is 1.57. The molecule has 0 saturated carbocycles. The Balaban J connectivity index is 2.20. The molecular formula is C10H19NO5. The number of hydrogen-bond acceptors (Lipinski definition) is 6. The molecule has 2 fully saturated rings. The van der Waals surface area contributed by atoms with Crippen molar-refractivity contribution in [3.63, 3.8) is 0 Å². The predicted octanol–water partition coefficient (Wildman–Crippen LogP) is 0.245. The fraction of sp³-hybridized carbons (Fsp3) is 1.00. The second-order valence-corrected chi connectivity index (χ2v) is 4.66. The first kappa shape index (κ1) is 12.2. The number of rotatable bonds is 2. The van der Waals surface area contributed by atoms with Gasteiger partial charge >= 0.3 is 0 Å². The molecular weight excluding hydrogens is 214 g/mol. The lowest BCUT2D eigenvalue weighted by Gasteiger charge is -2.39. The summed E-state index contributed by atoms with van der Waals surface area (Å²) in [5.41, 5.74) is 2.22. The molecule has 0 aromatic carbocycles. The third kappa shape index (κ3) is 1.97. The van der Waals surface area contributed by atoms with Crippen molar-refractivity contribution in [2.75, 3.05) is 7.11 Å². The molecule has 0 aliphatic carbocycles. The third-order valence-corrected chi connectivity index (χ3v) is 3.02.